The molecule has 0 unspecified atom stereocenters. The van der Waals surface area contributed by atoms with Crippen molar-refractivity contribution in [1.82, 2.24) is 9.97 Å². The van der Waals surface area contributed by atoms with Crippen LogP contribution >= 0.6 is 0 Å². The van der Waals surface area contributed by atoms with Gasteiger partial charge in [0.1, 0.15) is 11.6 Å². The minimum Gasteiger partial charge on any atom is -0.478 e. The molecule has 0 aliphatic heterocycles. The van der Waals surface area contributed by atoms with Crippen LogP contribution in [0.4, 0.5) is 5.82 Å². The average Bonchev–Trinajstić information content (AvgIpc) is 2.40. The lowest BCUT2D eigenvalue weighted by molar-refractivity contribution is 0.303. The Balaban J connectivity index is 2.69. The van der Waals surface area contributed by atoms with Gasteiger partial charge in [0.15, 0.2) is 0 Å². The van der Waals surface area contributed by atoms with Gasteiger partial charge in [-0.05, 0) is 18.8 Å². The van der Waals surface area contributed by atoms with Crippen molar-refractivity contribution >= 4 is 5.82 Å². The SMILES string of the molecule is CCCCCNc1cc(OCCC)nc(CC(C)C)n1. The van der Waals surface area contributed by atoms with E-state index in [9.17, 15) is 0 Å². The molecule has 0 bridgehead atoms. The van der Waals surface area contributed by atoms with E-state index in [2.05, 4.69) is 43.0 Å². The molecule has 4 nitrogen and oxygen atoms in total. The number of hydrogen-bond donors (Lipinski definition) is 1. The Morgan fingerprint density at radius 3 is 2.60 bits per heavy atom. The van der Waals surface area contributed by atoms with Gasteiger partial charge in [-0.1, -0.05) is 40.5 Å². The summed E-state index contributed by atoms with van der Waals surface area (Å²) in [6.07, 6.45) is 5.52. The summed E-state index contributed by atoms with van der Waals surface area (Å²) in [4.78, 5) is 9.06. The van der Waals surface area contributed by atoms with E-state index in [0.29, 0.717) is 18.4 Å². The summed E-state index contributed by atoms with van der Waals surface area (Å²) in [5.74, 6) is 2.99. The van der Waals surface area contributed by atoms with Gasteiger partial charge in [-0.15, -0.1) is 0 Å². The van der Waals surface area contributed by atoms with Crippen LogP contribution in [0, 0.1) is 5.92 Å². The summed E-state index contributed by atoms with van der Waals surface area (Å²) in [6, 6.07) is 1.91. The van der Waals surface area contributed by atoms with Crippen LogP contribution < -0.4 is 10.1 Å². The number of nitrogens with one attached hydrogen (secondary N) is 1. The number of nitrogens with zero attached hydrogens (tertiary/aromatic N) is 2. The molecule has 0 atom stereocenters. The van der Waals surface area contributed by atoms with Crippen molar-refractivity contribution in [3.05, 3.63) is 11.9 Å². The van der Waals surface area contributed by atoms with Gasteiger partial charge >= 0.3 is 0 Å². The summed E-state index contributed by atoms with van der Waals surface area (Å²) in [7, 11) is 0. The first-order valence-corrected chi connectivity index (χ1v) is 7.90. The van der Waals surface area contributed by atoms with E-state index >= 15 is 0 Å². The second kappa shape index (κ2) is 9.56. The highest BCUT2D eigenvalue weighted by Crippen LogP contribution is 2.16. The van der Waals surface area contributed by atoms with Crippen molar-refractivity contribution in [2.75, 3.05) is 18.5 Å². The topological polar surface area (TPSA) is 47.0 Å². The van der Waals surface area contributed by atoms with Crippen molar-refractivity contribution in [2.24, 2.45) is 5.92 Å². The molecule has 1 aromatic rings. The lowest BCUT2D eigenvalue weighted by atomic mass is 10.1. The third-order valence-corrected chi connectivity index (χ3v) is 2.88. The van der Waals surface area contributed by atoms with E-state index in [0.717, 1.165) is 31.0 Å². The van der Waals surface area contributed by atoms with Crippen LogP contribution in [0.3, 0.4) is 0 Å². The normalized spacial score (nSPS) is 10.8. The van der Waals surface area contributed by atoms with Crippen LogP contribution in [0.5, 0.6) is 5.88 Å². The molecule has 1 N–H and O–H groups in total. The molecule has 0 aromatic carbocycles. The van der Waals surface area contributed by atoms with Crippen LogP contribution in [0.2, 0.25) is 0 Å². The van der Waals surface area contributed by atoms with Crippen molar-refractivity contribution in [2.45, 2.75) is 59.8 Å². The zero-order valence-corrected chi connectivity index (χ0v) is 13.4. The van der Waals surface area contributed by atoms with Crippen molar-refractivity contribution in [3.8, 4) is 5.88 Å². The number of rotatable bonds is 10. The molecule has 0 fully saturated rings. The van der Waals surface area contributed by atoms with E-state index in [1.807, 2.05) is 6.07 Å². The summed E-state index contributed by atoms with van der Waals surface area (Å²) in [5, 5.41) is 3.38. The van der Waals surface area contributed by atoms with Crippen molar-refractivity contribution < 1.29 is 4.74 Å². The Morgan fingerprint density at radius 2 is 1.95 bits per heavy atom. The fourth-order valence-corrected chi connectivity index (χ4v) is 1.89. The van der Waals surface area contributed by atoms with Crippen molar-refractivity contribution in [3.63, 3.8) is 0 Å². The number of aromatic nitrogens is 2. The predicted molar refractivity (Wildman–Crippen MR) is 84.4 cm³/mol. The minimum absolute atomic E-state index is 0.546. The number of ether oxygens (including phenoxy) is 1. The first kappa shape index (κ1) is 16.7. The molecule has 0 aliphatic rings. The molecule has 20 heavy (non-hydrogen) atoms. The molecular weight excluding hydrogens is 250 g/mol. The number of anilines is 1. The predicted octanol–water partition coefficient (Wildman–Crippen LogP) is 4.07. The Bertz CT molecular complexity index is 380. The molecule has 1 heterocycles. The molecule has 0 spiro atoms. The van der Waals surface area contributed by atoms with Gasteiger partial charge in [0, 0.05) is 19.0 Å². The highest BCUT2D eigenvalue weighted by atomic mass is 16.5. The maximum atomic E-state index is 5.65. The molecule has 4 heteroatoms. The molecule has 1 rings (SSSR count). The molecule has 0 amide bonds. The smallest absolute Gasteiger partial charge is 0.218 e. The summed E-state index contributed by atoms with van der Waals surface area (Å²) in [5.41, 5.74) is 0. The Hall–Kier alpha value is -1.32. The highest BCUT2D eigenvalue weighted by molar-refractivity contribution is 5.38. The molecule has 114 valence electrons. The Kier molecular flexibility index (Phi) is 8.00. The lowest BCUT2D eigenvalue weighted by Crippen LogP contribution is -2.09. The third-order valence-electron chi connectivity index (χ3n) is 2.88. The zero-order valence-electron chi connectivity index (χ0n) is 13.4. The van der Waals surface area contributed by atoms with E-state index in [1.165, 1.54) is 19.3 Å². The Morgan fingerprint density at radius 1 is 1.15 bits per heavy atom. The molecule has 0 radical (unpaired) electrons. The Labute approximate surface area is 123 Å². The number of unbranched alkanes of at least 4 members (excludes halogenated alkanes) is 2. The first-order valence-electron chi connectivity index (χ1n) is 7.90. The maximum Gasteiger partial charge on any atom is 0.218 e. The van der Waals surface area contributed by atoms with E-state index in [1.54, 1.807) is 0 Å². The average molecular weight is 279 g/mol. The van der Waals surface area contributed by atoms with Gasteiger partial charge in [0.25, 0.3) is 0 Å². The van der Waals surface area contributed by atoms with E-state index in [-0.39, 0.29) is 0 Å². The van der Waals surface area contributed by atoms with Gasteiger partial charge in [-0.3, -0.25) is 0 Å². The lowest BCUT2D eigenvalue weighted by Gasteiger charge is -2.11. The fraction of sp³-hybridized carbons (Fsp3) is 0.750. The quantitative estimate of drug-likeness (QED) is 0.656. The van der Waals surface area contributed by atoms with Gasteiger partial charge in [0.05, 0.1) is 6.61 Å². The second-order valence-electron chi connectivity index (χ2n) is 5.59. The third kappa shape index (κ3) is 6.73. The molecular formula is C16H29N3O. The van der Waals surface area contributed by atoms with Crippen LogP contribution in [0.25, 0.3) is 0 Å². The van der Waals surface area contributed by atoms with Gasteiger partial charge in [-0.25, -0.2) is 4.98 Å². The second-order valence-corrected chi connectivity index (χ2v) is 5.59. The van der Waals surface area contributed by atoms with Gasteiger partial charge < -0.3 is 10.1 Å². The maximum absolute atomic E-state index is 5.65. The summed E-state index contributed by atoms with van der Waals surface area (Å²) >= 11 is 0. The highest BCUT2D eigenvalue weighted by Gasteiger charge is 2.07. The monoisotopic (exact) mass is 279 g/mol. The number of hydrogen-bond acceptors (Lipinski definition) is 4. The summed E-state index contributed by atoms with van der Waals surface area (Å²) in [6.45, 7) is 10.3. The van der Waals surface area contributed by atoms with E-state index in [4.69, 9.17) is 4.74 Å². The van der Waals surface area contributed by atoms with Crippen molar-refractivity contribution in [1.29, 1.82) is 0 Å². The fourth-order valence-electron chi connectivity index (χ4n) is 1.89. The molecule has 1 aromatic heterocycles. The largest absolute Gasteiger partial charge is 0.478 e. The van der Waals surface area contributed by atoms with Crippen LogP contribution in [0.15, 0.2) is 6.07 Å². The standard InChI is InChI=1S/C16H29N3O/c1-5-7-8-9-17-14-12-16(20-10-6-2)19-15(18-14)11-13(3)4/h12-13H,5-11H2,1-4H3,(H,17,18,19). The van der Waals surface area contributed by atoms with Gasteiger partial charge in [-0.2, -0.15) is 4.98 Å². The molecule has 0 saturated carbocycles. The minimum atomic E-state index is 0.546. The summed E-state index contributed by atoms with van der Waals surface area (Å²) < 4.78 is 5.65. The molecule has 0 aliphatic carbocycles. The van der Waals surface area contributed by atoms with Crippen LogP contribution in [-0.2, 0) is 6.42 Å². The molecule has 0 saturated heterocycles. The van der Waals surface area contributed by atoms with E-state index < -0.39 is 0 Å². The zero-order chi connectivity index (χ0) is 14.8. The van der Waals surface area contributed by atoms with Crippen LogP contribution in [-0.4, -0.2) is 23.1 Å². The first-order chi connectivity index (χ1) is 9.65. The van der Waals surface area contributed by atoms with Gasteiger partial charge in [0.2, 0.25) is 5.88 Å². The van der Waals surface area contributed by atoms with Crippen LogP contribution in [0.1, 0.15) is 59.2 Å².